The van der Waals surface area contributed by atoms with Crippen LogP contribution >= 0.6 is 23.6 Å². The number of anilines is 1. The predicted molar refractivity (Wildman–Crippen MR) is 166 cm³/mol. The molecule has 0 unspecified atom stereocenters. The molecule has 1 aliphatic carbocycles. The zero-order valence-electron chi connectivity index (χ0n) is 25.9. The van der Waals surface area contributed by atoms with Crippen LogP contribution in [0, 0.1) is 0 Å². The predicted octanol–water partition coefficient (Wildman–Crippen LogP) is 3.30. The van der Waals surface area contributed by atoms with Gasteiger partial charge < -0.3 is 14.7 Å². The summed E-state index contributed by atoms with van der Waals surface area (Å²) in [5.74, 6) is 0. The number of allylic oxidation sites excluding steroid dienone is 8. The third-order valence-corrected chi connectivity index (χ3v) is 10.7. The molecule has 2 heterocycles. The van der Waals surface area contributed by atoms with Crippen molar-refractivity contribution in [3.8, 4) is 0 Å². The van der Waals surface area contributed by atoms with E-state index in [0.29, 0.717) is 0 Å². The Morgan fingerprint density at radius 3 is 2.43 bits per heavy atom. The molecule has 0 bridgehead atoms. The van der Waals surface area contributed by atoms with Gasteiger partial charge in [0.1, 0.15) is 17.2 Å². The van der Waals surface area contributed by atoms with Crippen molar-refractivity contribution >= 4 is 50.8 Å². The van der Waals surface area contributed by atoms with Crippen LogP contribution in [0.25, 0.3) is 0 Å². The van der Waals surface area contributed by atoms with Gasteiger partial charge in [0.2, 0.25) is 5.69 Å². The first-order chi connectivity index (χ1) is 20.2. The molecule has 2 aromatic carbocycles. The maximum atomic E-state index is 11.7. The number of fused-ring (bicyclic) bond motifs is 2. The Hall–Kier alpha value is -1.06. The largest absolute Gasteiger partial charge is 1.00 e. The molecular formula is C32H34ClKN2O6S2. The zero-order chi connectivity index (χ0) is 31.3. The molecule has 3 aliphatic rings. The first-order valence-corrected chi connectivity index (χ1v) is 16.4. The second-order valence-corrected chi connectivity index (χ2v) is 14.6. The summed E-state index contributed by atoms with van der Waals surface area (Å²) in [5, 5.41) is 14.5. The minimum absolute atomic E-state index is 0. The van der Waals surface area contributed by atoms with Crippen LogP contribution in [-0.2, 0) is 30.3 Å². The fraction of sp³-hybridized carbons (Fsp3) is 0.344. The van der Waals surface area contributed by atoms with Crippen LogP contribution in [0.1, 0.15) is 58.1 Å². The van der Waals surface area contributed by atoms with E-state index in [9.17, 15) is 18.2 Å². The van der Waals surface area contributed by atoms with Crippen LogP contribution in [0.15, 0.2) is 92.4 Å². The Bertz CT molecular complexity index is 1760. The molecule has 0 amide bonds. The molecule has 0 fully saturated rings. The molecule has 0 N–H and O–H groups in total. The Balaban J connectivity index is 0.00000442. The number of likely N-dealkylation sites (N-methyl/N-ethyl adjacent to an activating group) is 1. The number of hydrogen-bond donors (Lipinski definition) is 0. The van der Waals surface area contributed by atoms with Gasteiger partial charge in [0.15, 0.2) is 5.71 Å². The van der Waals surface area contributed by atoms with Crippen molar-refractivity contribution in [2.75, 3.05) is 19.0 Å². The molecule has 0 aromatic heterocycles. The number of halogens is 1. The minimum Gasteiger partial charge on any atom is -0.744 e. The number of hydrogen-bond acceptors (Lipinski definition) is 8. The van der Waals surface area contributed by atoms with Crippen molar-refractivity contribution in [3.63, 3.8) is 0 Å². The Morgan fingerprint density at radius 2 is 1.75 bits per heavy atom. The molecule has 0 saturated carbocycles. The van der Waals surface area contributed by atoms with Gasteiger partial charge in [-0.15, -0.1) is 0 Å². The van der Waals surface area contributed by atoms with E-state index in [1.807, 2.05) is 57.1 Å². The Kier molecular flexibility index (Phi) is 11.0. The third-order valence-electron chi connectivity index (χ3n) is 8.80. The van der Waals surface area contributed by atoms with Crippen molar-refractivity contribution in [3.05, 3.63) is 93.7 Å². The summed E-state index contributed by atoms with van der Waals surface area (Å²) in [4.78, 5) is 2.59. The Labute approximate surface area is 311 Å². The summed E-state index contributed by atoms with van der Waals surface area (Å²) in [6.45, 7) is 8.37. The second kappa shape index (κ2) is 13.6. The number of rotatable bonds is 7. The molecule has 228 valence electrons. The zero-order valence-corrected chi connectivity index (χ0v) is 31.4. The number of nitrogens with zero attached hydrogens (tertiary/aromatic N) is 2. The molecule has 0 atom stereocenters. The van der Waals surface area contributed by atoms with Crippen LogP contribution in [0.5, 0.6) is 0 Å². The topological polar surface area (TPSA) is 105 Å². The molecule has 2 aromatic rings. The first kappa shape index (κ1) is 35.8. The van der Waals surface area contributed by atoms with E-state index < -0.39 is 15.5 Å². The van der Waals surface area contributed by atoms with Crippen LogP contribution in [0.2, 0.25) is 0 Å². The van der Waals surface area contributed by atoms with Crippen LogP contribution in [0.4, 0.5) is 11.4 Å². The van der Waals surface area contributed by atoms with E-state index in [1.54, 1.807) is 6.07 Å². The summed E-state index contributed by atoms with van der Waals surface area (Å²) < 4.78 is 41.7. The molecule has 44 heavy (non-hydrogen) atoms. The fourth-order valence-corrected chi connectivity index (χ4v) is 7.67. The third kappa shape index (κ3) is 6.67. The molecule has 2 aliphatic heterocycles. The monoisotopic (exact) mass is 680 g/mol. The Morgan fingerprint density at radius 1 is 1.02 bits per heavy atom. The first-order valence-electron chi connectivity index (χ1n) is 13.9. The van der Waals surface area contributed by atoms with E-state index in [1.165, 1.54) is 12.1 Å². The van der Waals surface area contributed by atoms with Crippen molar-refractivity contribution < 1.29 is 83.6 Å². The van der Waals surface area contributed by atoms with Gasteiger partial charge in [0, 0.05) is 51.5 Å². The smallest absolute Gasteiger partial charge is 0.744 e. The van der Waals surface area contributed by atoms with Gasteiger partial charge >= 0.3 is 51.4 Å². The van der Waals surface area contributed by atoms with Gasteiger partial charge in [-0.2, -0.15) is 8.91 Å². The molecular weight excluding hydrogens is 647 g/mol. The molecule has 0 spiro atoms. The van der Waals surface area contributed by atoms with Crippen molar-refractivity contribution in [1.82, 2.24) is 0 Å². The summed E-state index contributed by atoms with van der Waals surface area (Å²) >= 11 is 7.87. The number of benzene rings is 2. The van der Waals surface area contributed by atoms with Crippen LogP contribution in [-0.4, -0.2) is 37.4 Å². The average Bonchev–Trinajstić information content (AvgIpc) is 3.26. The molecule has 5 rings (SSSR count). The van der Waals surface area contributed by atoms with Gasteiger partial charge in [0.05, 0.1) is 22.4 Å². The molecule has 0 saturated heterocycles. The maximum Gasteiger partial charge on any atom is 1.00 e. The minimum atomic E-state index is -4.55. The van der Waals surface area contributed by atoms with E-state index >= 15 is 0 Å². The molecule has 8 nitrogen and oxygen atoms in total. The summed E-state index contributed by atoms with van der Waals surface area (Å²) in [6, 6.07) is 10.5. The van der Waals surface area contributed by atoms with Crippen molar-refractivity contribution in [1.29, 1.82) is 0 Å². The molecule has 0 radical (unpaired) electrons. The van der Waals surface area contributed by atoms with E-state index in [-0.39, 0.29) is 61.7 Å². The van der Waals surface area contributed by atoms with Gasteiger partial charge in [0.25, 0.3) is 0 Å². The van der Waals surface area contributed by atoms with Gasteiger partial charge in [-0.1, -0.05) is 37.6 Å². The fourth-order valence-electron chi connectivity index (χ4n) is 6.46. The van der Waals surface area contributed by atoms with Gasteiger partial charge in [-0.25, -0.2) is 8.42 Å². The normalized spacial score (nSPS) is 21.0. The SMILES string of the molecule is CN1C(=C/C=C2\CCCC(C=CC3=[N+](C)c4ccc(SOO[O-])cc4C3(C)C)=C2Cl)C(C)(C)c2cc(S(=O)(=O)[O-])ccc21.[K+]. The standard InChI is InChI=1S/C32H35ClN2O6S2.K/c1-31(2)24-18-22(42-41-40-36)12-14-26(24)34(5)28(31)16-10-20-8-7-9-21(30(20)33)11-17-29-32(3,4)25-19-23(43(37,38)39)13-15-27(25)35(29)6;/h10-19H,7-9H2,1-6H3,(H-,36,37,38,39);/q;+1/p-1. The average molecular weight is 681 g/mol. The summed E-state index contributed by atoms with van der Waals surface area (Å²) in [7, 11) is -0.569. The molecule has 12 heteroatoms. The second-order valence-electron chi connectivity index (χ2n) is 12.1. The van der Waals surface area contributed by atoms with E-state index in [0.717, 1.165) is 86.3 Å². The van der Waals surface area contributed by atoms with E-state index in [4.69, 9.17) is 11.6 Å². The van der Waals surface area contributed by atoms with Crippen LogP contribution < -0.4 is 61.5 Å². The van der Waals surface area contributed by atoms with E-state index in [2.05, 4.69) is 46.0 Å². The van der Waals surface area contributed by atoms with Crippen LogP contribution in [0.3, 0.4) is 0 Å². The maximum absolute atomic E-state index is 11.7. The van der Waals surface area contributed by atoms with Crippen molar-refractivity contribution in [2.45, 2.75) is 67.6 Å². The van der Waals surface area contributed by atoms with Gasteiger partial charge in [-0.05, 0) is 86.2 Å². The summed E-state index contributed by atoms with van der Waals surface area (Å²) in [6.07, 6.45) is 11.0. The van der Waals surface area contributed by atoms with Crippen molar-refractivity contribution in [2.24, 2.45) is 0 Å². The van der Waals surface area contributed by atoms with Gasteiger partial charge in [-0.3, -0.25) is 5.04 Å². The quantitative estimate of drug-likeness (QED) is 0.110. The summed E-state index contributed by atoms with van der Waals surface area (Å²) in [5.41, 5.74) is 7.27.